The largest absolute Gasteiger partial charge is 0.480 e. The van der Waals surface area contributed by atoms with Gasteiger partial charge in [0, 0.05) is 0 Å². The molecule has 2 N–H and O–H groups in total. The molecule has 0 aromatic carbocycles. The van der Waals surface area contributed by atoms with Crippen molar-refractivity contribution in [2.75, 3.05) is 0 Å². The third kappa shape index (κ3) is 3.68. The number of aliphatic carboxylic acids is 1. The first-order valence-corrected chi connectivity index (χ1v) is 4.90. The van der Waals surface area contributed by atoms with E-state index in [0.29, 0.717) is 12.8 Å². The van der Waals surface area contributed by atoms with Crippen molar-refractivity contribution >= 4 is 16.1 Å². The normalized spacial score (nSPS) is 11.9. The Morgan fingerprint density at radius 3 is 2.17 bits per heavy atom. The summed E-state index contributed by atoms with van der Waals surface area (Å²) in [5.41, 5.74) is 0. The zero-order valence-corrected chi connectivity index (χ0v) is 7.47. The molecule has 0 fully saturated rings. The van der Waals surface area contributed by atoms with E-state index in [9.17, 15) is 13.2 Å². The molecular formula is C6H11O5S. The van der Waals surface area contributed by atoms with Gasteiger partial charge < -0.3 is 5.11 Å². The Bertz CT molecular complexity index is 243. The van der Waals surface area contributed by atoms with Gasteiger partial charge in [-0.25, -0.2) is 0 Å². The zero-order chi connectivity index (χ0) is 9.78. The highest BCUT2D eigenvalue weighted by atomic mass is 32.2. The predicted octanol–water partition coefficient (Wildman–Crippen LogP) is 0.681. The molecule has 0 heterocycles. The Balaban J connectivity index is 4.36. The van der Waals surface area contributed by atoms with Gasteiger partial charge in [0.15, 0.2) is 0 Å². The van der Waals surface area contributed by atoms with Crippen LogP contribution in [0.1, 0.15) is 26.2 Å². The van der Waals surface area contributed by atoms with Crippen LogP contribution in [0.2, 0.25) is 0 Å². The highest BCUT2D eigenvalue weighted by molar-refractivity contribution is 7.89. The van der Waals surface area contributed by atoms with Crippen molar-refractivity contribution in [1.29, 1.82) is 0 Å². The molecule has 0 spiro atoms. The molecule has 12 heavy (non-hydrogen) atoms. The number of carboxylic acid groups (broad SMARTS) is 1. The smallest absolute Gasteiger partial charge is 0.330 e. The molecule has 0 aromatic heterocycles. The van der Waals surface area contributed by atoms with Crippen LogP contribution in [-0.2, 0) is 14.9 Å². The van der Waals surface area contributed by atoms with Gasteiger partial charge in [-0.05, 0) is 6.42 Å². The van der Waals surface area contributed by atoms with Gasteiger partial charge in [-0.2, -0.15) is 8.42 Å². The second-order valence-corrected chi connectivity index (χ2v) is 3.75. The molecule has 0 saturated carbocycles. The summed E-state index contributed by atoms with van der Waals surface area (Å²) in [5.74, 6) is -1.58. The van der Waals surface area contributed by atoms with Gasteiger partial charge in [-0.1, -0.05) is 19.8 Å². The molecule has 0 bridgehead atoms. The molecule has 71 valence electrons. The first-order chi connectivity index (χ1) is 5.39. The zero-order valence-electron chi connectivity index (χ0n) is 6.65. The Labute approximate surface area is 71.1 Å². The fourth-order valence-corrected chi connectivity index (χ4v) is 1.31. The van der Waals surface area contributed by atoms with E-state index in [1.807, 2.05) is 0 Å². The van der Waals surface area contributed by atoms with Crippen LogP contribution in [0.3, 0.4) is 0 Å². The van der Waals surface area contributed by atoms with Crippen molar-refractivity contribution in [3.05, 3.63) is 5.25 Å². The van der Waals surface area contributed by atoms with E-state index in [1.54, 1.807) is 6.92 Å². The lowest BCUT2D eigenvalue weighted by Gasteiger charge is -2.05. The van der Waals surface area contributed by atoms with Crippen LogP contribution < -0.4 is 0 Å². The van der Waals surface area contributed by atoms with Crippen LogP contribution in [0.25, 0.3) is 0 Å². The molecule has 5 nitrogen and oxygen atoms in total. The maximum atomic E-state index is 10.4. The van der Waals surface area contributed by atoms with Crippen LogP contribution in [0, 0.1) is 5.25 Å². The summed E-state index contributed by atoms with van der Waals surface area (Å²) in [5, 5.41) is 7.53. The van der Waals surface area contributed by atoms with E-state index in [4.69, 9.17) is 9.66 Å². The quantitative estimate of drug-likeness (QED) is 0.629. The topological polar surface area (TPSA) is 91.7 Å². The fourth-order valence-electron chi connectivity index (χ4n) is 0.684. The van der Waals surface area contributed by atoms with Crippen molar-refractivity contribution in [1.82, 2.24) is 0 Å². The molecular weight excluding hydrogens is 184 g/mol. The summed E-state index contributed by atoms with van der Waals surface area (Å²) >= 11 is 0. The minimum atomic E-state index is -4.52. The van der Waals surface area contributed by atoms with Crippen molar-refractivity contribution in [3.63, 3.8) is 0 Å². The Kier molecular flexibility index (Phi) is 4.19. The Morgan fingerprint density at radius 1 is 1.42 bits per heavy atom. The highest BCUT2D eigenvalue weighted by Crippen LogP contribution is 2.16. The van der Waals surface area contributed by atoms with Gasteiger partial charge in [-0.3, -0.25) is 9.35 Å². The summed E-state index contributed by atoms with van der Waals surface area (Å²) in [6, 6.07) is 0. The average molecular weight is 195 g/mol. The summed E-state index contributed by atoms with van der Waals surface area (Å²) in [4.78, 5) is 10.3. The van der Waals surface area contributed by atoms with Crippen LogP contribution in [-0.4, -0.2) is 24.0 Å². The second kappa shape index (κ2) is 4.42. The Hall–Kier alpha value is -0.620. The van der Waals surface area contributed by atoms with Crippen LogP contribution in [0.5, 0.6) is 0 Å². The maximum Gasteiger partial charge on any atom is 0.330 e. The molecule has 0 aliphatic heterocycles. The number of rotatable bonds is 5. The van der Waals surface area contributed by atoms with E-state index >= 15 is 0 Å². The highest BCUT2D eigenvalue weighted by Gasteiger charge is 2.31. The van der Waals surface area contributed by atoms with E-state index in [2.05, 4.69) is 0 Å². The number of hydrogen-bond donors (Lipinski definition) is 2. The van der Waals surface area contributed by atoms with Crippen molar-refractivity contribution in [3.8, 4) is 0 Å². The molecule has 1 radical (unpaired) electrons. The predicted molar refractivity (Wildman–Crippen MR) is 42.0 cm³/mol. The standard InChI is InChI=1S/C6H11O5S/c1-2-3-4-5(6(7)8)12(9,10)11/h2-4H2,1H3,(H,7,8)(H,9,10,11). The molecule has 0 aliphatic rings. The van der Waals surface area contributed by atoms with Gasteiger partial charge in [0.25, 0.3) is 10.1 Å². The van der Waals surface area contributed by atoms with E-state index < -0.39 is 21.3 Å². The summed E-state index contributed by atoms with van der Waals surface area (Å²) < 4.78 is 29.3. The summed E-state index contributed by atoms with van der Waals surface area (Å²) in [6.45, 7) is 1.80. The first-order valence-electron chi connectivity index (χ1n) is 3.46. The number of unbranched alkanes of at least 4 members (excludes halogenated alkanes) is 1. The SMILES string of the molecule is CCCC[C](C(=O)O)S(=O)(=O)O. The first kappa shape index (κ1) is 11.4. The van der Waals surface area contributed by atoms with Gasteiger partial charge >= 0.3 is 5.97 Å². The van der Waals surface area contributed by atoms with Gasteiger partial charge in [0.1, 0.15) is 0 Å². The van der Waals surface area contributed by atoms with Gasteiger partial charge in [-0.15, -0.1) is 0 Å². The lowest BCUT2D eigenvalue weighted by atomic mass is 10.2. The minimum absolute atomic E-state index is 0.120. The fraction of sp³-hybridized carbons (Fsp3) is 0.667. The Morgan fingerprint density at radius 2 is 1.92 bits per heavy atom. The molecule has 0 amide bonds. The minimum Gasteiger partial charge on any atom is -0.480 e. The number of hydrogen-bond acceptors (Lipinski definition) is 3. The van der Waals surface area contributed by atoms with Crippen LogP contribution in [0.4, 0.5) is 0 Å². The third-order valence-electron chi connectivity index (χ3n) is 1.31. The number of carboxylic acids is 1. The molecule has 0 unspecified atom stereocenters. The van der Waals surface area contributed by atoms with E-state index in [1.165, 1.54) is 0 Å². The molecule has 0 aliphatic carbocycles. The average Bonchev–Trinajstić information content (AvgIpc) is 1.84. The molecule has 0 saturated heterocycles. The summed E-state index contributed by atoms with van der Waals surface area (Å²) in [7, 11) is -4.52. The summed E-state index contributed by atoms with van der Waals surface area (Å²) in [6.07, 6.45) is 0.985. The van der Waals surface area contributed by atoms with E-state index in [-0.39, 0.29) is 6.42 Å². The lowest BCUT2D eigenvalue weighted by Crippen LogP contribution is -2.20. The van der Waals surface area contributed by atoms with Gasteiger partial charge in [0.2, 0.25) is 5.25 Å². The number of carbonyl (C=O) groups is 1. The van der Waals surface area contributed by atoms with Crippen LogP contribution >= 0.6 is 0 Å². The van der Waals surface area contributed by atoms with Gasteiger partial charge in [0.05, 0.1) is 0 Å². The third-order valence-corrected chi connectivity index (χ3v) is 2.31. The van der Waals surface area contributed by atoms with Crippen molar-refractivity contribution < 1.29 is 22.9 Å². The van der Waals surface area contributed by atoms with Crippen molar-refractivity contribution in [2.45, 2.75) is 26.2 Å². The molecule has 0 aromatic rings. The van der Waals surface area contributed by atoms with E-state index in [0.717, 1.165) is 0 Å². The monoisotopic (exact) mass is 195 g/mol. The van der Waals surface area contributed by atoms with Crippen LogP contribution in [0.15, 0.2) is 0 Å². The molecule has 0 rings (SSSR count). The molecule has 0 atom stereocenters. The molecule has 6 heteroatoms. The maximum absolute atomic E-state index is 10.4. The lowest BCUT2D eigenvalue weighted by molar-refractivity contribution is -0.133. The second-order valence-electron chi connectivity index (χ2n) is 2.31. The van der Waals surface area contributed by atoms with Crippen molar-refractivity contribution in [2.24, 2.45) is 0 Å².